The zero-order valence-electron chi connectivity index (χ0n) is 16.2. The summed E-state index contributed by atoms with van der Waals surface area (Å²) in [6.07, 6.45) is 4.35. The number of halogens is 1. The van der Waals surface area contributed by atoms with Crippen LogP contribution in [0.25, 0.3) is 4.96 Å². The van der Waals surface area contributed by atoms with Crippen molar-refractivity contribution >= 4 is 52.3 Å². The maximum Gasteiger partial charge on any atom is 0.407 e. The molecule has 27 heavy (non-hydrogen) atoms. The maximum atomic E-state index is 11.6. The van der Waals surface area contributed by atoms with Crippen molar-refractivity contribution in [1.29, 1.82) is 0 Å². The Morgan fingerprint density at radius 3 is 2.70 bits per heavy atom. The number of amides is 1. The fourth-order valence-corrected chi connectivity index (χ4v) is 2.87. The summed E-state index contributed by atoms with van der Waals surface area (Å²) >= 11 is 1.60. The number of nitrogens with one attached hydrogen (secondary N) is 3. The fourth-order valence-electron chi connectivity index (χ4n) is 2.15. The molecule has 0 saturated carbocycles. The number of thiazole rings is 1. The summed E-state index contributed by atoms with van der Waals surface area (Å²) in [5.41, 5.74) is 0.454. The van der Waals surface area contributed by atoms with Gasteiger partial charge in [0.25, 0.3) is 0 Å². The summed E-state index contributed by atoms with van der Waals surface area (Å²) in [6.45, 7) is 10.1. The Kier molecular flexibility index (Phi) is 9.84. The molecule has 0 saturated heterocycles. The lowest BCUT2D eigenvalue weighted by atomic mass is 10.2. The largest absolute Gasteiger partial charge is 0.444 e. The number of nitrogens with zero attached hydrogens (tertiary/aromatic N) is 3. The van der Waals surface area contributed by atoms with Crippen LogP contribution in [0.2, 0.25) is 0 Å². The minimum atomic E-state index is -0.477. The zero-order chi connectivity index (χ0) is 19.0. The van der Waals surface area contributed by atoms with Crippen molar-refractivity contribution in [3.8, 4) is 0 Å². The second-order valence-corrected chi connectivity index (χ2v) is 7.60. The summed E-state index contributed by atoms with van der Waals surface area (Å²) in [7, 11) is 0. The fraction of sp³-hybridized carbons (Fsp3) is 0.588. The lowest BCUT2D eigenvalue weighted by molar-refractivity contribution is 0.0527. The van der Waals surface area contributed by atoms with E-state index in [2.05, 4.69) is 25.9 Å². The zero-order valence-corrected chi connectivity index (χ0v) is 19.4. The van der Waals surface area contributed by atoms with Crippen LogP contribution in [0, 0.1) is 0 Å². The van der Waals surface area contributed by atoms with Gasteiger partial charge in [0.15, 0.2) is 10.9 Å². The first kappa shape index (κ1) is 23.5. The molecule has 0 spiro atoms. The van der Waals surface area contributed by atoms with Gasteiger partial charge in [-0.1, -0.05) is 0 Å². The van der Waals surface area contributed by atoms with Crippen molar-refractivity contribution in [2.45, 2.75) is 46.3 Å². The third-order valence-corrected chi connectivity index (χ3v) is 3.97. The van der Waals surface area contributed by atoms with Crippen molar-refractivity contribution in [1.82, 2.24) is 25.3 Å². The minimum absolute atomic E-state index is 0. The predicted octanol–water partition coefficient (Wildman–Crippen LogP) is 2.98. The molecule has 0 atom stereocenters. The Bertz CT molecular complexity index is 709. The highest BCUT2D eigenvalue weighted by Gasteiger charge is 2.15. The highest BCUT2D eigenvalue weighted by molar-refractivity contribution is 14.0. The van der Waals surface area contributed by atoms with E-state index in [0.29, 0.717) is 19.6 Å². The van der Waals surface area contributed by atoms with Crippen molar-refractivity contribution in [3.63, 3.8) is 0 Å². The number of hydrogen-bond acceptors (Lipinski definition) is 5. The summed E-state index contributed by atoms with van der Waals surface area (Å²) in [4.78, 5) is 21.6. The van der Waals surface area contributed by atoms with Gasteiger partial charge in [-0.3, -0.25) is 4.40 Å². The van der Waals surface area contributed by atoms with Crippen LogP contribution < -0.4 is 16.0 Å². The molecule has 0 fully saturated rings. The van der Waals surface area contributed by atoms with Crippen LogP contribution in [0.3, 0.4) is 0 Å². The molecule has 0 aliphatic carbocycles. The standard InChI is InChI=1S/C17H28N6O2S.HI/c1-5-18-14(19-7-6-8-20-16(24)25-17(2,3)4)21-11-13-12-23-9-10-26-15(23)22-13;/h9-10,12H,5-8,11H2,1-4H3,(H,20,24)(H2,18,19,21);1H. The molecule has 3 N–H and O–H groups in total. The monoisotopic (exact) mass is 508 g/mol. The van der Waals surface area contributed by atoms with Gasteiger partial charge in [-0.05, 0) is 34.1 Å². The number of ether oxygens (including phenoxy) is 1. The lowest BCUT2D eigenvalue weighted by Gasteiger charge is -2.19. The average molecular weight is 508 g/mol. The molecule has 2 rings (SSSR count). The van der Waals surface area contributed by atoms with Crippen LogP contribution in [0.5, 0.6) is 0 Å². The molecule has 1 amide bonds. The van der Waals surface area contributed by atoms with E-state index in [1.807, 2.05) is 49.9 Å². The number of aromatic nitrogens is 2. The van der Waals surface area contributed by atoms with Gasteiger partial charge < -0.3 is 20.7 Å². The van der Waals surface area contributed by atoms with Gasteiger partial charge in [-0.2, -0.15) is 0 Å². The van der Waals surface area contributed by atoms with Gasteiger partial charge >= 0.3 is 6.09 Å². The van der Waals surface area contributed by atoms with E-state index >= 15 is 0 Å². The molecule has 0 bridgehead atoms. The van der Waals surface area contributed by atoms with Crippen LogP contribution in [-0.4, -0.2) is 46.7 Å². The first-order chi connectivity index (χ1) is 12.4. The molecule has 0 aromatic carbocycles. The van der Waals surface area contributed by atoms with Gasteiger partial charge in [0.05, 0.1) is 12.2 Å². The molecule has 8 nitrogen and oxygen atoms in total. The first-order valence-corrected chi connectivity index (χ1v) is 9.65. The number of aliphatic imine (C=N–C) groups is 1. The number of alkyl carbamates (subject to hydrolysis) is 1. The topological polar surface area (TPSA) is 92.0 Å². The molecule has 2 aromatic rings. The average Bonchev–Trinajstić information content (AvgIpc) is 3.11. The Labute approximate surface area is 181 Å². The normalized spacial score (nSPS) is 11.8. The van der Waals surface area contributed by atoms with Crippen molar-refractivity contribution < 1.29 is 9.53 Å². The van der Waals surface area contributed by atoms with Gasteiger partial charge in [-0.25, -0.2) is 14.8 Å². The number of carbonyl (C=O) groups is 1. The van der Waals surface area contributed by atoms with E-state index in [1.165, 1.54) is 0 Å². The molecular weight excluding hydrogens is 479 g/mol. The quantitative estimate of drug-likeness (QED) is 0.232. The van der Waals surface area contributed by atoms with Gasteiger partial charge in [0.1, 0.15) is 5.60 Å². The highest BCUT2D eigenvalue weighted by atomic mass is 127. The summed E-state index contributed by atoms with van der Waals surface area (Å²) < 4.78 is 7.19. The van der Waals surface area contributed by atoms with Gasteiger partial charge in [0, 0.05) is 37.4 Å². The smallest absolute Gasteiger partial charge is 0.407 e. The van der Waals surface area contributed by atoms with Crippen molar-refractivity contribution in [2.75, 3.05) is 19.6 Å². The molecule has 0 aliphatic rings. The molecule has 152 valence electrons. The Hall–Kier alpha value is -1.56. The second kappa shape index (κ2) is 11.3. The maximum absolute atomic E-state index is 11.6. The van der Waals surface area contributed by atoms with Crippen LogP contribution in [0.1, 0.15) is 39.8 Å². The van der Waals surface area contributed by atoms with E-state index < -0.39 is 11.7 Å². The number of rotatable bonds is 7. The molecule has 0 unspecified atom stereocenters. The van der Waals surface area contributed by atoms with Crippen molar-refractivity contribution in [3.05, 3.63) is 23.5 Å². The molecule has 0 radical (unpaired) electrons. The molecule has 0 aliphatic heterocycles. The minimum Gasteiger partial charge on any atom is -0.444 e. The number of hydrogen-bond donors (Lipinski definition) is 3. The summed E-state index contributed by atoms with van der Waals surface area (Å²) in [6, 6.07) is 0. The third kappa shape index (κ3) is 8.78. The SMILES string of the molecule is CCNC(=NCc1cn2ccsc2n1)NCCCNC(=O)OC(C)(C)C.I. The number of fused-ring (bicyclic) bond motifs is 1. The first-order valence-electron chi connectivity index (χ1n) is 8.77. The number of imidazole rings is 1. The van der Waals surface area contributed by atoms with Gasteiger partial charge in [-0.15, -0.1) is 35.3 Å². The van der Waals surface area contributed by atoms with E-state index in [4.69, 9.17) is 4.74 Å². The molecule has 10 heteroatoms. The number of carbonyl (C=O) groups excluding carboxylic acids is 1. The van der Waals surface area contributed by atoms with Crippen LogP contribution in [-0.2, 0) is 11.3 Å². The van der Waals surface area contributed by atoms with Crippen LogP contribution >= 0.6 is 35.3 Å². The Balaban J connectivity index is 0.00000364. The second-order valence-electron chi connectivity index (χ2n) is 6.73. The lowest BCUT2D eigenvalue weighted by Crippen LogP contribution is -2.39. The molecule has 2 heterocycles. The Morgan fingerprint density at radius 1 is 1.30 bits per heavy atom. The third-order valence-electron chi connectivity index (χ3n) is 3.20. The van der Waals surface area contributed by atoms with E-state index in [0.717, 1.165) is 29.6 Å². The number of guanidine groups is 1. The molecular formula is C17H29IN6O2S. The highest BCUT2D eigenvalue weighted by Crippen LogP contribution is 2.11. The van der Waals surface area contributed by atoms with E-state index in [1.54, 1.807) is 11.3 Å². The van der Waals surface area contributed by atoms with E-state index in [-0.39, 0.29) is 24.0 Å². The predicted molar refractivity (Wildman–Crippen MR) is 120 cm³/mol. The summed E-state index contributed by atoms with van der Waals surface area (Å²) in [5, 5.41) is 11.2. The van der Waals surface area contributed by atoms with Gasteiger partial charge in [0.2, 0.25) is 0 Å². The summed E-state index contributed by atoms with van der Waals surface area (Å²) in [5.74, 6) is 0.737. The van der Waals surface area contributed by atoms with Crippen molar-refractivity contribution in [2.24, 2.45) is 4.99 Å². The Morgan fingerprint density at radius 2 is 2.04 bits per heavy atom. The van der Waals surface area contributed by atoms with Crippen LogP contribution in [0.4, 0.5) is 4.79 Å². The van der Waals surface area contributed by atoms with Crippen LogP contribution in [0.15, 0.2) is 22.8 Å². The molecule has 2 aromatic heterocycles. The van der Waals surface area contributed by atoms with E-state index in [9.17, 15) is 4.79 Å².